The van der Waals surface area contributed by atoms with E-state index in [1.165, 1.54) is 6.08 Å². The Bertz CT molecular complexity index is 1190. The van der Waals surface area contributed by atoms with Crippen LogP contribution in [-0.2, 0) is 30.1 Å². The standard InChI is InChI=1S/C13H12F8N2O6S3/c1-3-8-4-6-9(7-5-8)22-31(26,27)12(18,19)11(16,17)13(20,21)32(28,29)23-30(24,25)10(2,14)15/h3-7,22-23H,1H2,2H3. The van der Waals surface area contributed by atoms with Crippen LogP contribution < -0.4 is 8.85 Å². The van der Waals surface area contributed by atoms with Crippen LogP contribution in [0, 0.1) is 0 Å². The summed E-state index contributed by atoms with van der Waals surface area (Å²) in [4.78, 5) is 0. The molecule has 2 N–H and O–H groups in total. The van der Waals surface area contributed by atoms with Gasteiger partial charge in [-0.05, 0) is 17.7 Å². The van der Waals surface area contributed by atoms with Crippen LogP contribution in [-0.4, -0.2) is 46.9 Å². The molecule has 0 radical (unpaired) electrons. The van der Waals surface area contributed by atoms with Crippen molar-refractivity contribution in [3.63, 3.8) is 0 Å². The molecule has 0 aromatic heterocycles. The molecule has 0 spiro atoms. The zero-order valence-electron chi connectivity index (χ0n) is 15.3. The predicted molar refractivity (Wildman–Crippen MR) is 95.5 cm³/mol. The van der Waals surface area contributed by atoms with Gasteiger partial charge < -0.3 is 0 Å². The van der Waals surface area contributed by atoms with Crippen molar-refractivity contribution >= 4 is 41.8 Å². The third-order valence-electron chi connectivity index (χ3n) is 3.50. The van der Waals surface area contributed by atoms with Crippen LogP contribution >= 0.6 is 0 Å². The molecule has 0 heterocycles. The van der Waals surface area contributed by atoms with Crippen molar-refractivity contribution in [3.05, 3.63) is 36.4 Å². The molecule has 0 bridgehead atoms. The normalized spacial score (nSPS) is 14.8. The van der Waals surface area contributed by atoms with Crippen molar-refractivity contribution in [3.8, 4) is 0 Å². The fourth-order valence-corrected chi connectivity index (χ4v) is 5.41. The van der Waals surface area contributed by atoms with E-state index in [2.05, 4.69) is 6.58 Å². The second-order valence-corrected chi connectivity index (χ2v) is 11.6. The monoisotopic (exact) mass is 540 g/mol. The quantitative estimate of drug-likeness (QED) is 0.440. The van der Waals surface area contributed by atoms with Crippen LogP contribution in [0.2, 0.25) is 0 Å². The van der Waals surface area contributed by atoms with Crippen LogP contribution in [0.15, 0.2) is 30.8 Å². The topological polar surface area (TPSA) is 126 Å². The molecule has 0 aliphatic rings. The molecular formula is C13H12F8N2O6S3. The zero-order chi connectivity index (χ0) is 25.6. The molecule has 0 aliphatic carbocycles. The molecule has 1 rings (SSSR count). The Morgan fingerprint density at radius 3 is 1.53 bits per heavy atom. The summed E-state index contributed by atoms with van der Waals surface area (Å²) in [5.74, 6) is -7.36. The van der Waals surface area contributed by atoms with Crippen molar-refractivity contribution in [2.45, 2.75) is 28.6 Å². The fraction of sp³-hybridized carbons (Fsp3) is 0.385. The highest BCUT2D eigenvalue weighted by molar-refractivity contribution is 8.05. The molecule has 1 aromatic carbocycles. The van der Waals surface area contributed by atoms with Crippen molar-refractivity contribution in [2.24, 2.45) is 0 Å². The predicted octanol–water partition coefficient (Wildman–Crippen LogP) is 2.75. The average Bonchev–Trinajstić information content (AvgIpc) is 2.59. The van der Waals surface area contributed by atoms with E-state index in [0.29, 0.717) is 5.56 Å². The summed E-state index contributed by atoms with van der Waals surface area (Å²) in [6.45, 7) is 2.76. The minimum absolute atomic E-state index is 0.294. The maximum atomic E-state index is 14.0. The van der Waals surface area contributed by atoms with Gasteiger partial charge in [0.1, 0.15) is 0 Å². The van der Waals surface area contributed by atoms with E-state index in [-0.39, 0.29) is 0 Å². The number of alkyl halides is 8. The largest absolute Gasteiger partial charge is 0.433 e. The summed E-state index contributed by atoms with van der Waals surface area (Å²) in [5, 5.41) is -19.3. The molecule has 1 aromatic rings. The first-order valence-corrected chi connectivity index (χ1v) is 12.0. The summed E-state index contributed by atoms with van der Waals surface area (Å²) >= 11 is 0. The lowest BCUT2D eigenvalue weighted by atomic mass is 10.2. The molecular weight excluding hydrogens is 528 g/mol. The second kappa shape index (κ2) is 8.10. The van der Waals surface area contributed by atoms with Crippen molar-refractivity contribution in [1.82, 2.24) is 4.13 Å². The number of rotatable bonds is 10. The van der Waals surface area contributed by atoms with Crippen molar-refractivity contribution in [2.75, 3.05) is 4.72 Å². The third-order valence-corrected chi connectivity index (χ3v) is 8.56. The van der Waals surface area contributed by atoms with Gasteiger partial charge in [0, 0.05) is 12.6 Å². The Kier molecular flexibility index (Phi) is 7.10. The lowest BCUT2D eigenvalue weighted by molar-refractivity contribution is -0.243. The molecule has 184 valence electrons. The molecule has 0 saturated heterocycles. The molecule has 19 heteroatoms. The maximum absolute atomic E-state index is 14.0. The lowest BCUT2D eigenvalue weighted by Crippen LogP contribution is -2.64. The van der Waals surface area contributed by atoms with E-state index in [9.17, 15) is 60.4 Å². The van der Waals surface area contributed by atoms with Gasteiger partial charge in [-0.1, -0.05) is 28.9 Å². The zero-order valence-corrected chi connectivity index (χ0v) is 17.7. The molecule has 8 nitrogen and oxygen atoms in total. The Labute approximate surface area is 176 Å². The van der Waals surface area contributed by atoms with Gasteiger partial charge in [0.2, 0.25) is 0 Å². The first kappa shape index (κ1) is 28.0. The summed E-state index contributed by atoms with van der Waals surface area (Å²) in [7, 11) is -21.0. The highest BCUT2D eigenvalue weighted by Gasteiger charge is 2.82. The molecule has 0 fully saturated rings. The summed E-state index contributed by atoms with van der Waals surface area (Å²) in [5.41, 5.74) is -0.550. The van der Waals surface area contributed by atoms with E-state index < -0.39 is 68.5 Å². The van der Waals surface area contributed by atoms with Gasteiger partial charge in [-0.3, -0.25) is 4.72 Å². The van der Waals surface area contributed by atoms with Gasteiger partial charge in [-0.2, -0.15) is 43.5 Å². The molecule has 0 unspecified atom stereocenters. The summed E-state index contributed by atoms with van der Waals surface area (Å²) in [6.07, 6.45) is 1.20. The van der Waals surface area contributed by atoms with Crippen LogP contribution in [0.25, 0.3) is 6.08 Å². The Morgan fingerprint density at radius 2 is 1.16 bits per heavy atom. The van der Waals surface area contributed by atoms with E-state index in [0.717, 1.165) is 29.0 Å². The minimum Gasteiger partial charge on any atom is -0.278 e. The first-order chi connectivity index (χ1) is 14.0. The molecule has 0 atom stereocenters. The number of hydrogen-bond acceptors (Lipinski definition) is 6. The highest BCUT2D eigenvalue weighted by Crippen LogP contribution is 2.51. The third kappa shape index (κ3) is 4.69. The molecule has 32 heavy (non-hydrogen) atoms. The summed E-state index contributed by atoms with van der Waals surface area (Å²) < 4.78 is 178. The van der Waals surface area contributed by atoms with Gasteiger partial charge in [0.25, 0.3) is 20.0 Å². The molecule has 0 amide bonds. The number of benzene rings is 1. The fourth-order valence-electron chi connectivity index (χ4n) is 1.68. The second-order valence-electron chi connectivity index (χ2n) is 5.94. The Balaban J connectivity index is 3.46. The van der Waals surface area contributed by atoms with Crippen molar-refractivity contribution in [1.29, 1.82) is 0 Å². The van der Waals surface area contributed by atoms with Gasteiger partial charge in [0.15, 0.2) is 0 Å². The first-order valence-electron chi connectivity index (χ1n) is 7.50. The van der Waals surface area contributed by atoms with Gasteiger partial charge >= 0.3 is 31.7 Å². The number of anilines is 1. The Morgan fingerprint density at radius 1 is 0.750 bits per heavy atom. The van der Waals surface area contributed by atoms with E-state index in [1.807, 2.05) is 0 Å². The number of halogens is 8. The SMILES string of the molecule is C=Cc1ccc(NS(=O)(=O)C(F)(F)C(F)(F)C(F)(F)S(=O)(=O)NS(=O)(=O)C(C)(F)F)cc1. The maximum Gasteiger partial charge on any atom is 0.433 e. The molecule has 0 aliphatic heterocycles. The number of nitrogens with one attached hydrogen (secondary N) is 2. The average molecular weight is 540 g/mol. The highest BCUT2D eigenvalue weighted by atomic mass is 32.3. The Hall–Kier alpha value is -1.99. The van der Waals surface area contributed by atoms with E-state index in [4.69, 9.17) is 0 Å². The van der Waals surface area contributed by atoms with Crippen molar-refractivity contribution < 1.29 is 60.4 Å². The van der Waals surface area contributed by atoms with E-state index >= 15 is 0 Å². The van der Waals surface area contributed by atoms with E-state index in [1.54, 1.807) is 0 Å². The van der Waals surface area contributed by atoms with Crippen LogP contribution in [0.5, 0.6) is 0 Å². The lowest BCUT2D eigenvalue weighted by Gasteiger charge is -2.31. The van der Waals surface area contributed by atoms with Gasteiger partial charge in [0.05, 0.1) is 0 Å². The van der Waals surface area contributed by atoms with Gasteiger partial charge in [-0.15, -0.1) is 0 Å². The number of sulfonamides is 3. The van der Waals surface area contributed by atoms with Crippen LogP contribution in [0.4, 0.5) is 40.8 Å². The summed E-state index contributed by atoms with van der Waals surface area (Å²) in [6, 6.07) is 3.55. The van der Waals surface area contributed by atoms with Crippen LogP contribution in [0.1, 0.15) is 12.5 Å². The molecule has 0 saturated carbocycles. The van der Waals surface area contributed by atoms with Crippen LogP contribution in [0.3, 0.4) is 0 Å². The van der Waals surface area contributed by atoms with Gasteiger partial charge in [-0.25, -0.2) is 16.8 Å². The number of hydrogen-bond donors (Lipinski definition) is 2. The minimum atomic E-state index is -7.57. The smallest absolute Gasteiger partial charge is 0.278 e.